The van der Waals surface area contributed by atoms with Crippen LogP contribution in [-0.4, -0.2) is 37.4 Å². The van der Waals surface area contributed by atoms with Crippen LogP contribution in [0.15, 0.2) is 41.1 Å². The quantitative estimate of drug-likeness (QED) is 0.448. The Bertz CT molecular complexity index is 1210. The van der Waals surface area contributed by atoms with Crippen LogP contribution in [0.25, 0.3) is 22.3 Å². The maximum absolute atomic E-state index is 12.4. The highest BCUT2D eigenvalue weighted by atomic mass is 16.5. The van der Waals surface area contributed by atoms with Crippen molar-refractivity contribution in [2.45, 2.75) is 33.1 Å². The van der Waals surface area contributed by atoms with Gasteiger partial charge < -0.3 is 15.2 Å². The van der Waals surface area contributed by atoms with Gasteiger partial charge in [0.2, 0.25) is 17.6 Å². The Balaban J connectivity index is 1.36. The number of nitrogens with one attached hydrogen (secondary N) is 2. The van der Waals surface area contributed by atoms with Gasteiger partial charge in [-0.05, 0) is 30.9 Å². The number of aryl methyl sites for hydroxylation is 3. The lowest BCUT2D eigenvalue weighted by Gasteiger charge is -2.09. The Morgan fingerprint density at radius 1 is 1.23 bits per heavy atom. The maximum atomic E-state index is 12.4. The second-order valence-corrected chi connectivity index (χ2v) is 7.41. The molecular formula is C22H25N7O2. The van der Waals surface area contributed by atoms with Crippen molar-refractivity contribution >= 4 is 28.3 Å². The monoisotopic (exact) mass is 419 g/mol. The molecule has 0 aliphatic carbocycles. The number of hydrogen-bond donors (Lipinski definition) is 2. The summed E-state index contributed by atoms with van der Waals surface area (Å²) in [5.74, 6) is 2.12. The molecule has 0 aliphatic heterocycles. The molecule has 1 amide bonds. The number of carbonyl (C=O) groups excluding carboxylic acids is 1. The largest absolute Gasteiger partial charge is 0.369 e. The van der Waals surface area contributed by atoms with Gasteiger partial charge in [-0.15, -0.1) is 0 Å². The Morgan fingerprint density at radius 2 is 2.10 bits per heavy atom. The van der Waals surface area contributed by atoms with Gasteiger partial charge in [0.1, 0.15) is 11.5 Å². The minimum atomic E-state index is -0.145. The van der Waals surface area contributed by atoms with Crippen LogP contribution in [0.2, 0.25) is 0 Å². The molecule has 0 atom stereocenters. The zero-order valence-electron chi connectivity index (χ0n) is 17.8. The number of hydrogen-bond acceptors (Lipinski definition) is 7. The number of pyridine rings is 1. The van der Waals surface area contributed by atoms with Gasteiger partial charge in [0.15, 0.2) is 5.82 Å². The molecule has 2 N–H and O–H groups in total. The van der Waals surface area contributed by atoms with Crippen molar-refractivity contribution in [1.29, 1.82) is 0 Å². The second kappa shape index (κ2) is 8.95. The predicted molar refractivity (Wildman–Crippen MR) is 119 cm³/mol. The molecule has 0 radical (unpaired) electrons. The Hall–Kier alpha value is -3.75. The molecule has 0 aliphatic rings. The van der Waals surface area contributed by atoms with Crippen LogP contribution in [0.4, 0.5) is 11.6 Å². The molecule has 0 saturated heterocycles. The number of benzene rings is 1. The first kappa shape index (κ1) is 20.5. The maximum Gasteiger partial charge on any atom is 0.227 e. The van der Waals surface area contributed by atoms with Gasteiger partial charge >= 0.3 is 0 Å². The number of carbonyl (C=O) groups is 1. The third kappa shape index (κ3) is 4.71. The summed E-state index contributed by atoms with van der Waals surface area (Å²) in [5.41, 5.74) is 1.84. The lowest BCUT2D eigenvalue weighted by molar-refractivity contribution is -0.116. The van der Waals surface area contributed by atoms with E-state index in [1.165, 1.54) is 0 Å². The van der Waals surface area contributed by atoms with Gasteiger partial charge in [0, 0.05) is 44.1 Å². The Labute approximate surface area is 179 Å². The summed E-state index contributed by atoms with van der Waals surface area (Å²) in [7, 11) is 1.77. The normalized spacial score (nSPS) is 11.1. The third-order valence-electron chi connectivity index (χ3n) is 4.87. The molecule has 31 heavy (non-hydrogen) atoms. The molecule has 9 nitrogen and oxygen atoms in total. The molecule has 3 heterocycles. The van der Waals surface area contributed by atoms with Crippen molar-refractivity contribution < 1.29 is 9.32 Å². The minimum Gasteiger partial charge on any atom is -0.369 e. The van der Waals surface area contributed by atoms with Crippen LogP contribution in [0.5, 0.6) is 0 Å². The van der Waals surface area contributed by atoms with Crippen LogP contribution >= 0.6 is 0 Å². The van der Waals surface area contributed by atoms with E-state index in [-0.39, 0.29) is 12.3 Å². The second-order valence-electron chi connectivity index (χ2n) is 7.41. The molecule has 1 aromatic carbocycles. The van der Waals surface area contributed by atoms with Gasteiger partial charge in [0.05, 0.1) is 0 Å². The van der Waals surface area contributed by atoms with Crippen LogP contribution in [0.3, 0.4) is 0 Å². The van der Waals surface area contributed by atoms with Crippen LogP contribution in [-0.2, 0) is 18.3 Å². The molecule has 0 unspecified atom stereocenters. The first-order valence-corrected chi connectivity index (χ1v) is 10.3. The summed E-state index contributed by atoms with van der Waals surface area (Å²) in [6.45, 7) is 4.55. The number of anilines is 2. The average molecular weight is 419 g/mol. The summed E-state index contributed by atoms with van der Waals surface area (Å²) in [6, 6.07) is 9.93. The molecule has 9 heteroatoms. The molecule has 0 bridgehead atoms. The van der Waals surface area contributed by atoms with Gasteiger partial charge in [-0.2, -0.15) is 10.1 Å². The van der Waals surface area contributed by atoms with Crippen molar-refractivity contribution in [3.8, 4) is 11.5 Å². The first-order valence-electron chi connectivity index (χ1n) is 10.3. The first-order chi connectivity index (χ1) is 15.0. The fraction of sp³-hybridized carbons (Fsp3) is 0.318. The summed E-state index contributed by atoms with van der Waals surface area (Å²) < 4.78 is 6.86. The molecule has 0 spiro atoms. The van der Waals surface area contributed by atoms with E-state index >= 15 is 0 Å². The van der Waals surface area contributed by atoms with E-state index in [0.29, 0.717) is 29.8 Å². The molecule has 0 saturated carbocycles. The van der Waals surface area contributed by atoms with Crippen LogP contribution < -0.4 is 10.6 Å². The topological polar surface area (TPSA) is 111 Å². The molecular weight excluding hydrogens is 394 g/mol. The number of nitrogens with zero attached hydrogens (tertiary/aromatic N) is 5. The predicted octanol–water partition coefficient (Wildman–Crippen LogP) is 3.72. The standard InChI is InChI=1S/C22H25N7O2/c1-4-5-20-26-22(28-31-20)17-13-18(27-29(17)3)25-19(30)9-11-24-21-16-12-14(2)6-7-15(16)8-10-23-21/h6-8,10,12-13H,4-5,9,11H2,1-3H3,(H,23,24)(H,25,27,30). The third-order valence-corrected chi connectivity index (χ3v) is 4.87. The molecule has 4 aromatic rings. The van der Waals surface area contributed by atoms with Crippen molar-refractivity contribution in [3.63, 3.8) is 0 Å². The van der Waals surface area contributed by atoms with Crippen molar-refractivity contribution in [2.75, 3.05) is 17.2 Å². The van der Waals surface area contributed by atoms with E-state index in [0.717, 1.165) is 35.0 Å². The highest BCUT2D eigenvalue weighted by molar-refractivity contribution is 5.93. The van der Waals surface area contributed by atoms with E-state index in [9.17, 15) is 4.79 Å². The molecule has 3 aromatic heterocycles. The van der Waals surface area contributed by atoms with Gasteiger partial charge in [-0.1, -0.05) is 29.8 Å². The molecule has 0 fully saturated rings. The van der Waals surface area contributed by atoms with Crippen molar-refractivity contribution in [1.82, 2.24) is 24.9 Å². The Kier molecular flexibility index (Phi) is 5.92. The summed E-state index contributed by atoms with van der Waals surface area (Å²) in [6.07, 6.45) is 3.70. The van der Waals surface area contributed by atoms with E-state index < -0.39 is 0 Å². The SMILES string of the molecule is CCCc1nc(-c2cc(NC(=O)CCNc3nccc4ccc(C)cc34)nn2C)no1. The number of amides is 1. The number of rotatable bonds is 8. The van der Waals surface area contributed by atoms with Gasteiger partial charge in [-0.3, -0.25) is 9.48 Å². The summed E-state index contributed by atoms with van der Waals surface area (Å²) >= 11 is 0. The fourth-order valence-corrected chi connectivity index (χ4v) is 3.33. The number of aromatic nitrogens is 5. The van der Waals surface area contributed by atoms with Gasteiger partial charge in [-0.25, -0.2) is 4.98 Å². The molecule has 4 rings (SSSR count). The average Bonchev–Trinajstić information content (AvgIpc) is 3.34. The van der Waals surface area contributed by atoms with E-state index in [2.05, 4.69) is 49.1 Å². The van der Waals surface area contributed by atoms with Crippen molar-refractivity contribution in [3.05, 3.63) is 48.0 Å². The molecule has 160 valence electrons. The smallest absolute Gasteiger partial charge is 0.227 e. The summed E-state index contributed by atoms with van der Waals surface area (Å²) in [4.78, 5) is 21.2. The summed E-state index contributed by atoms with van der Waals surface area (Å²) in [5, 5.41) is 16.6. The lowest BCUT2D eigenvalue weighted by atomic mass is 10.1. The van der Waals surface area contributed by atoms with E-state index in [4.69, 9.17) is 4.52 Å². The minimum absolute atomic E-state index is 0.145. The lowest BCUT2D eigenvalue weighted by Crippen LogP contribution is -2.17. The number of fused-ring (bicyclic) bond motifs is 1. The van der Waals surface area contributed by atoms with Crippen molar-refractivity contribution in [2.24, 2.45) is 7.05 Å². The van der Waals surface area contributed by atoms with Crippen LogP contribution in [0, 0.1) is 6.92 Å². The Morgan fingerprint density at radius 3 is 2.94 bits per heavy atom. The highest BCUT2D eigenvalue weighted by Gasteiger charge is 2.15. The van der Waals surface area contributed by atoms with Crippen LogP contribution in [0.1, 0.15) is 31.2 Å². The fourth-order valence-electron chi connectivity index (χ4n) is 3.33. The van der Waals surface area contributed by atoms with E-state index in [1.54, 1.807) is 24.0 Å². The highest BCUT2D eigenvalue weighted by Crippen LogP contribution is 2.22. The zero-order chi connectivity index (χ0) is 21.8. The van der Waals surface area contributed by atoms with E-state index in [1.807, 2.05) is 19.9 Å². The van der Waals surface area contributed by atoms with Gasteiger partial charge in [0.25, 0.3) is 0 Å². The zero-order valence-corrected chi connectivity index (χ0v) is 17.8.